The Balaban J connectivity index is 0.000000190. The number of phenols is 6. The number of carbonyl (C=O) groups is 3. The molecule has 0 aliphatic carbocycles. The lowest BCUT2D eigenvalue weighted by atomic mass is 10.0. The number of hydrogen-bond donors (Lipinski definition) is 7. The number of nitrogens with zero attached hydrogens (tertiary/aromatic N) is 3. The van der Waals surface area contributed by atoms with E-state index in [9.17, 15) is 55.1 Å². The van der Waals surface area contributed by atoms with Crippen molar-refractivity contribution in [1.29, 1.82) is 0 Å². The largest absolute Gasteiger partial charge is 0.504 e. The molecule has 9 rings (SSSR count). The summed E-state index contributed by atoms with van der Waals surface area (Å²) < 4.78 is 22.5. The highest BCUT2D eigenvalue weighted by atomic mass is 16.6. The molecule has 2 heterocycles. The molecule has 19 heteroatoms. The molecule has 1 aromatic heterocycles. The molecule has 7 aromatic carbocycles. The highest BCUT2D eigenvalue weighted by Crippen LogP contribution is 2.35. The molecule has 19 nitrogen and oxygen atoms in total. The second-order valence-corrected chi connectivity index (χ2v) is 19.6. The van der Waals surface area contributed by atoms with Crippen molar-refractivity contribution in [3.05, 3.63) is 247 Å². The van der Waals surface area contributed by atoms with Crippen molar-refractivity contribution in [1.82, 2.24) is 4.90 Å². The van der Waals surface area contributed by atoms with Crippen LogP contribution in [-0.2, 0) is 20.8 Å². The van der Waals surface area contributed by atoms with Crippen LogP contribution in [0.4, 0.5) is 0 Å². The van der Waals surface area contributed by atoms with Crippen LogP contribution in [0.5, 0.6) is 46.0 Å². The summed E-state index contributed by atoms with van der Waals surface area (Å²) in [6.07, 6.45) is 20.6. The topological polar surface area (TPSA) is 280 Å². The van der Waals surface area contributed by atoms with Gasteiger partial charge in [0.1, 0.15) is 11.5 Å². The van der Waals surface area contributed by atoms with Crippen molar-refractivity contribution < 1.29 is 78.6 Å². The molecule has 458 valence electrons. The third-order valence-corrected chi connectivity index (χ3v) is 13.5. The predicted octanol–water partition coefficient (Wildman–Crippen LogP) is 12.2. The third kappa shape index (κ3) is 20.9. The average Bonchev–Trinajstić information content (AvgIpc) is 3.43. The molecule has 0 unspecified atom stereocenters. The fourth-order valence-corrected chi connectivity index (χ4v) is 8.43. The molecule has 0 spiro atoms. The standard InChI is InChI=1S/C20H22O4.C19H19NO4.C16H13NO4.C15H13NO4/c1-13-14(2)19(23-4)17(12-18(13)22-3)11-8-15-6-9-16(10-7-15)20(21)24-5;21-17-8-5-15(13-18(17)22)2-1-14-3-6-16(7-4-14)19(23)20-9-11-24-12-10-20;18-15-8-7-14(11-16(15)19)6-5-12-1-3-13(4-2-12)9-10-17(20)21;17-13-4-3-12(9-14(13)18)2-1-11-5-7-16(8-6-11)10-15(19)20/h6-12H,1-5H3;1-8,13,21-22H,9-12H2;1-11,18-19H;1-9H,10H2,(H2,18,19,20)/p+1. The predicted molar refractivity (Wildman–Crippen MR) is 342 cm³/mol. The van der Waals surface area contributed by atoms with Crippen molar-refractivity contribution in [2.75, 3.05) is 47.6 Å². The Bertz CT molecular complexity index is 3870. The van der Waals surface area contributed by atoms with Crippen molar-refractivity contribution in [3.8, 4) is 46.0 Å². The maximum Gasteiger partial charge on any atom is 0.370 e. The zero-order valence-electron chi connectivity index (χ0n) is 49.5. The van der Waals surface area contributed by atoms with Crippen LogP contribution in [0.15, 0.2) is 164 Å². The fraction of sp³-hybridized carbons (Fsp3) is 0.143. The zero-order valence-corrected chi connectivity index (χ0v) is 49.5. The number of carbonyl (C=O) groups excluding carboxylic acids is 2. The van der Waals surface area contributed by atoms with E-state index < -0.39 is 10.9 Å². The van der Waals surface area contributed by atoms with Gasteiger partial charge in [0, 0.05) is 42.4 Å². The number of phenolic OH excluding ortho intramolecular Hbond substituents is 6. The molecule has 0 bridgehead atoms. The molecule has 1 saturated heterocycles. The van der Waals surface area contributed by atoms with Gasteiger partial charge in [0.2, 0.25) is 12.7 Å². The van der Waals surface area contributed by atoms with Gasteiger partial charge in [-0.05, 0) is 136 Å². The summed E-state index contributed by atoms with van der Waals surface area (Å²) in [5, 5.41) is 74.9. The van der Waals surface area contributed by atoms with Crippen molar-refractivity contribution in [2.45, 2.75) is 20.4 Å². The molecule has 89 heavy (non-hydrogen) atoms. The summed E-state index contributed by atoms with van der Waals surface area (Å²) in [7, 11) is 4.69. The summed E-state index contributed by atoms with van der Waals surface area (Å²) in [6, 6.07) is 41.1. The van der Waals surface area contributed by atoms with Gasteiger partial charge in [0.25, 0.3) is 5.91 Å². The first-order chi connectivity index (χ1) is 42.7. The minimum absolute atomic E-state index is 0.0253. The molecule has 1 amide bonds. The summed E-state index contributed by atoms with van der Waals surface area (Å²) in [6.45, 7) is 6.39. The van der Waals surface area contributed by atoms with Gasteiger partial charge in [-0.25, -0.2) is 9.59 Å². The molecule has 0 atom stereocenters. The van der Waals surface area contributed by atoms with Crippen LogP contribution in [0.2, 0.25) is 0 Å². The molecule has 1 aliphatic rings. The Kier molecular flexibility index (Phi) is 25.0. The van der Waals surface area contributed by atoms with E-state index in [1.807, 2.05) is 105 Å². The molecule has 7 N–H and O–H groups in total. The number of aromatic hydroxyl groups is 6. The van der Waals surface area contributed by atoms with Gasteiger partial charge in [-0.1, -0.05) is 115 Å². The van der Waals surface area contributed by atoms with E-state index >= 15 is 0 Å². The number of carboxylic acids is 1. The number of carboxylic acid groups (broad SMARTS) is 1. The monoisotopic (exact) mass is 1210 g/mol. The molecule has 8 aromatic rings. The lowest BCUT2D eigenvalue weighted by Gasteiger charge is -2.26. The van der Waals surface area contributed by atoms with Crippen LogP contribution >= 0.6 is 0 Å². The normalized spacial score (nSPS) is 12.0. The minimum Gasteiger partial charge on any atom is -0.504 e. The first kappa shape index (κ1) is 66.7. The maximum atomic E-state index is 12.4. The number of ether oxygens (including phenoxy) is 4. The van der Waals surface area contributed by atoms with E-state index in [-0.39, 0.29) is 52.9 Å². The number of hydrogen-bond acceptors (Lipinski definition) is 15. The fourth-order valence-electron chi connectivity index (χ4n) is 8.43. The van der Waals surface area contributed by atoms with Crippen molar-refractivity contribution in [2.24, 2.45) is 0 Å². The summed E-state index contributed by atoms with van der Waals surface area (Å²) in [5.74, 6) is -0.490. The van der Waals surface area contributed by atoms with Crippen LogP contribution in [0, 0.1) is 24.0 Å². The molecule has 0 saturated carbocycles. The molecule has 1 fully saturated rings. The van der Waals surface area contributed by atoms with Gasteiger partial charge in [0.05, 0.1) is 45.0 Å². The molecular formula is C70H68N3O16+. The van der Waals surface area contributed by atoms with E-state index in [2.05, 4.69) is 0 Å². The average molecular weight is 1210 g/mol. The molecule has 1 aliphatic heterocycles. The lowest BCUT2D eigenvalue weighted by molar-refractivity contribution is -0.685. The van der Waals surface area contributed by atoms with Gasteiger partial charge >= 0.3 is 11.9 Å². The number of aliphatic carboxylic acids is 1. The Hall–Kier alpha value is -11.4. The summed E-state index contributed by atoms with van der Waals surface area (Å²) >= 11 is 0. The second-order valence-electron chi connectivity index (χ2n) is 19.6. The Labute approximate surface area is 514 Å². The van der Waals surface area contributed by atoms with Gasteiger partial charge in [-0.2, -0.15) is 4.57 Å². The van der Waals surface area contributed by atoms with Gasteiger partial charge in [0.15, 0.2) is 46.9 Å². The Morgan fingerprint density at radius 1 is 0.517 bits per heavy atom. The van der Waals surface area contributed by atoms with Crippen LogP contribution in [0.1, 0.15) is 81.9 Å². The number of aromatic nitrogens is 1. The highest BCUT2D eigenvalue weighted by Gasteiger charge is 2.18. The van der Waals surface area contributed by atoms with Gasteiger partial charge in [-0.15, -0.1) is 0 Å². The number of nitro groups is 1. The number of esters is 1. The maximum absolute atomic E-state index is 12.4. The first-order valence-corrected chi connectivity index (χ1v) is 27.5. The van der Waals surface area contributed by atoms with Crippen LogP contribution in [-0.4, -0.2) is 111 Å². The number of pyridine rings is 1. The quantitative estimate of drug-likeness (QED) is 0.0118. The summed E-state index contributed by atoms with van der Waals surface area (Å²) in [4.78, 5) is 45.9. The van der Waals surface area contributed by atoms with E-state index in [1.165, 1.54) is 49.6 Å². The number of morpholine rings is 1. The zero-order chi connectivity index (χ0) is 64.4. The number of benzene rings is 7. The van der Waals surface area contributed by atoms with Crippen LogP contribution in [0.25, 0.3) is 54.7 Å². The van der Waals surface area contributed by atoms with Gasteiger partial charge in [-0.3, -0.25) is 14.9 Å². The van der Waals surface area contributed by atoms with E-state index in [0.717, 1.165) is 78.9 Å². The Morgan fingerprint density at radius 2 is 0.910 bits per heavy atom. The minimum atomic E-state index is -0.891. The number of rotatable bonds is 16. The molecular weight excluding hydrogens is 1140 g/mol. The SMILES string of the molecule is COC(=O)c1ccc(C=Cc2cc(OC)c(C)c(C)c2OC)cc1.O=C(O)C[n+]1ccc(C=Cc2ccc(O)c(O)c2)cc1.O=C(c1ccc(C=Cc2ccc(O)c(O)c2)cc1)N1CCOCC1.O=[N+]([O-])C=Cc1ccc(C=Cc2ccc(O)c(O)c2)cc1. The highest BCUT2D eigenvalue weighted by molar-refractivity contribution is 5.94. The smallest absolute Gasteiger partial charge is 0.370 e. The van der Waals surface area contributed by atoms with Crippen LogP contribution in [0.3, 0.4) is 0 Å². The van der Waals surface area contributed by atoms with Gasteiger partial charge < -0.3 is 59.6 Å². The van der Waals surface area contributed by atoms with E-state index in [0.29, 0.717) is 37.4 Å². The van der Waals surface area contributed by atoms with Crippen molar-refractivity contribution >= 4 is 72.5 Å². The first-order valence-electron chi connectivity index (χ1n) is 27.5. The van der Waals surface area contributed by atoms with Crippen molar-refractivity contribution in [3.63, 3.8) is 0 Å². The third-order valence-electron chi connectivity index (χ3n) is 13.5. The lowest BCUT2D eigenvalue weighted by Crippen LogP contribution is -2.40. The van der Waals surface area contributed by atoms with Crippen LogP contribution < -0.4 is 14.0 Å². The summed E-state index contributed by atoms with van der Waals surface area (Å²) in [5.41, 5.74) is 11.0. The number of amides is 1. The Morgan fingerprint density at radius 3 is 1.31 bits per heavy atom. The van der Waals surface area contributed by atoms with E-state index in [1.54, 1.807) is 103 Å². The van der Waals surface area contributed by atoms with E-state index in [4.69, 9.17) is 24.1 Å². The molecule has 0 radical (unpaired) electrons. The second kappa shape index (κ2) is 33.3. The number of methoxy groups -OCH3 is 3.